The van der Waals surface area contributed by atoms with Gasteiger partial charge in [-0.3, -0.25) is 4.79 Å². The van der Waals surface area contributed by atoms with Gasteiger partial charge in [-0.1, -0.05) is 28.1 Å². The average molecular weight is 311 g/mol. The van der Waals surface area contributed by atoms with Crippen molar-refractivity contribution in [2.75, 3.05) is 20.1 Å². The number of carbonyl (C=O) groups is 1. The fraction of sp³-hybridized carbons (Fsp3) is 0.500. The Labute approximate surface area is 117 Å². The van der Waals surface area contributed by atoms with E-state index in [4.69, 9.17) is 0 Å². The number of nitrogens with zero attached hydrogens (tertiary/aromatic N) is 1. The summed E-state index contributed by atoms with van der Waals surface area (Å²) in [5.74, 6) is 0.0245. The first-order valence-corrected chi connectivity index (χ1v) is 7.46. The maximum atomic E-state index is 12.0. The summed E-state index contributed by atoms with van der Waals surface area (Å²) in [5.41, 5.74) is 1.92. The smallest absolute Gasteiger partial charge is 0.251 e. The van der Waals surface area contributed by atoms with Crippen LogP contribution in [0.4, 0.5) is 0 Å². The van der Waals surface area contributed by atoms with Crippen LogP contribution in [0.1, 0.15) is 28.8 Å². The molecule has 1 aliphatic heterocycles. The van der Waals surface area contributed by atoms with Crippen LogP contribution < -0.4 is 5.32 Å². The third-order valence-electron chi connectivity index (χ3n) is 3.54. The maximum absolute atomic E-state index is 12.0. The molecule has 1 aliphatic rings. The molecule has 98 valence electrons. The molecule has 3 nitrogen and oxygen atoms in total. The Morgan fingerprint density at radius 3 is 2.72 bits per heavy atom. The molecule has 1 N–H and O–H groups in total. The molecule has 1 fully saturated rings. The average Bonchev–Trinajstić information content (AvgIpc) is 2.81. The number of carbonyl (C=O) groups excluding carboxylic acids is 1. The Kier molecular flexibility index (Phi) is 4.78. The summed E-state index contributed by atoms with van der Waals surface area (Å²) in [6.45, 7) is 1.88. The zero-order chi connectivity index (χ0) is 13.0. The van der Waals surface area contributed by atoms with Crippen molar-refractivity contribution in [3.05, 3.63) is 35.4 Å². The highest BCUT2D eigenvalue weighted by atomic mass is 79.9. The van der Waals surface area contributed by atoms with Crippen molar-refractivity contribution in [3.63, 3.8) is 0 Å². The van der Waals surface area contributed by atoms with E-state index in [2.05, 4.69) is 33.2 Å². The van der Waals surface area contributed by atoms with E-state index in [1.165, 1.54) is 18.4 Å². The zero-order valence-corrected chi connectivity index (χ0v) is 12.2. The van der Waals surface area contributed by atoms with Crippen LogP contribution in [0.25, 0.3) is 0 Å². The van der Waals surface area contributed by atoms with Gasteiger partial charge >= 0.3 is 0 Å². The van der Waals surface area contributed by atoms with E-state index in [1.807, 2.05) is 24.3 Å². The fourth-order valence-corrected chi connectivity index (χ4v) is 2.67. The van der Waals surface area contributed by atoms with E-state index in [0.717, 1.165) is 24.0 Å². The van der Waals surface area contributed by atoms with Gasteiger partial charge in [0.25, 0.3) is 5.91 Å². The van der Waals surface area contributed by atoms with Gasteiger partial charge in [0, 0.05) is 23.5 Å². The number of alkyl halides is 1. The van der Waals surface area contributed by atoms with Gasteiger partial charge in [0.15, 0.2) is 0 Å². The number of likely N-dealkylation sites (N-methyl/N-ethyl adjacent to an activating group) is 1. The first kappa shape index (κ1) is 13.6. The largest absolute Gasteiger partial charge is 0.350 e. The first-order valence-electron chi connectivity index (χ1n) is 6.34. The summed E-state index contributed by atoms with van der Waals surface area (Å²) >= 11 is 3.40. The van der Waals surface area contributed by atoms with Gasteiger partial charge in [-0.15, -0.1) is 0 Å². The van der Waals surface area contributed by atoms with Crippen molar-refractivity contribution in [2.45, 2.75) is 24.2 Å². The van der Waals surface area contributed by atoms with Crippen LogP contribution in [0, 0.1) is 0 Å². The number of likely N-dealkylation sites (tertiary alicyclic amines) is 1. The lowest BCUT2D eigenvalue weighted by Gasteiger charge is -2.19. The molecule has 1 heterocycles. The highest BCUT2D eigenvalue weighted by Crippen LogP contribution is 2.14. The van der Waals surface area contributed by atoms with Crippen LogP contribution in [0.15, 0.2) is 24.3 Å². The third-order valence-corrected chi connectivity index (χ3v) is 4.19. The topological polar surface area (TPSA) is 32.3 Å². The first-order chi connectivity index (χ1) is 8.70. The summed E-state index contributed by atoms with van der Waals surface area (Å²) in [7, 11) is 2.12. The monoisotopic (exact) mass is 310 g/mol. The molecule has 1 saturated heterocycles. The molecule has 0 aromatic heterocycles. The lowest BCUT2D eigenvalue weighted by molar-refractivity contribution is 0.0943. The molecule has 4 heteroatoms. The molecule has 1 atom stereocenters. The fourth-order valence-electron chi connectivity index (χ4n) is 2.29. The minimum atomic E-state index is 0.0245. The second-order valence-electron chi connectivity index (χ2n) is 4.82. The summed E-state index contributed by atoms with van der Waals surface area (Å²) in [6, 6.07) is 8.21. The maximum Gasteiger partial charge on any atom is 0.251 e. The number of amides is 1. The Morgan fingerprint density at radius 1 is 1.44 bits per heavy atom. The summed E-state index contributed by atoms with van der Waals surface area (Å²) in [6.07, 6.45) is 2.41. The number of hydrogen-bond donors (Lipinski definition) is 1. The molecule has 2 rings (SSSR count). The van der Waals surface area contributed by atoms with Crippen molar-refractivity contribution in [2.24, 2.45) is 0 Å². The van der Waals surface area contributed by atoms with Crippen LogP contribution in [0.5, 0.6) is 0 Å². The lowest BCUT2D eigenvalue weighted by atomic mass is 10.1. The normalized spacial score (nSPS) is 20.0. The van der Waals surface area contributed by atoms with Crippen LogP contribution in [-0.4, -0.2) is 37.0 Å². The van der Waals surface area contributed by atoms with E-state index < -0.39 is 0 Å². The Balaban J connectivity index is 1.87. The molecule has 1 unspecified atom stereocenters. The predicted octanol–water partition coefficient (Wildman–Crippen LogP) is 2.41. The van der Waals surface area contributed by atoms with Crippen molar-refractivity contribution in [1.82, 2.24) is 10.2 Å². The summed E-state index contributed by atoms with van der Waals surface area (Å²) < 4.78 is 0. The molecule has 0 aliphatic carbocycles. The van der Waals surface area contributed by atoms with Gasteiger partial charge in [-0.2, -0.15) is 0 Å². The summed E-state index contributed by atoms with van der Waals surface area (Å²) in [5, 5.41) is 3.84. The highest BCUT2D eigenvalue weighted by molar-refractivity contribution is 9.08. The number of hydrogen-bond acceptors (Lipinski definition) is 2. The van der Waals surface area contributed by atoms with E-state index in [0.29, 0.717) is 6.04 Å². The van der Waals surface area contributed by atoms with Crippen molar-refractivity contribution < 1.29 is 4.79 Å². The van der Waals surface area contributed by atoms with Crippen LogP contribution in [-0.2, 0) is 5.33 Å². The minimum absolute atomic E-state index is 0.0245. The van der Waals surface area contributed by atoms with Gasteiger partial charge in [-0.25, -0.2) is 0 Å². The Bertz CT molecular complexity index is 405. The van der Waals surface area contributed by atoms with E-state index in [1.54, 1.807) is 0 Å². The predicted molar refractivity (Wildman–Crippen MR) is 77.1 cm³/mol. The standard InChI is InChI=1S/C14H19BrN2O/c1-17-8-2-3-13(17)10-16-14(18)12-6-4-11(9-15)5-7-12/h4-7,13H,2-3,8-10H2,1H3,(H,16,18). The zero-order valence-electron chi connectivity index (χ0n) is 10.7. The van der Waals surface area contributed by atoms with Gasteiger partial charge in [0.2, 0.25) is 0 Å². The SMILES string of the molecule is CN1CCCC1CNC(=O)c1ccc(CBr)cc1. The Morgan fingerprint density at radius 2 is 2.17 bits per heavy atom. The Hall–Kier alpha value is -0.870. The lowest BCUT2D eigenvalue weighted by Crippen LogP contribution is -2.38. The molecule has 0 bridgehead atoms. The third kappa shape index (κ3) is 3.33. The van der Waals surface area contributed by atoms with Gasteiger partial charge in [0.1, 0.15) is 0 Å². The second kappa shape index (κ2) is 6.34. The van der Waals surface area contributed by atoms with Crippen LogP contribution in [0.3, 0.4) is 0 Å². The van der Waals surface area contributed by atoms with Crippen LogP contribution in [0.2, 0.25) is 0 Å². The van der Waals surface area contributed by atoms with Gasteiger partial charge < -0.3 is 10.2 Å². The van der Waals surface area contributed by atoms with Crippen molar-refractivity contribution in [3.8, 4) is 0 Å². The van der Waals surface area contributed by atoms with Gasteiger partial charge in [-0.05, 0) is 44.1 Å². The molecular weight excluding hydrogens is 292 g/mol. The molecule has 0 radical (unpaired) electrons. The highest BCUT2D eigenvalue weighted by Gasteiger charge is 2.21. The molecule has 0 spiro atoms. The van der Waals surface area contributed by atoms with E-state index >= 15 is 0 Å². The molecule has 1 amide bonds. The van der Waals surface area contributed by atoms with Crippen LogP contribution >= 0.6 is 15.9 Å². The number of rotatable bonds is 4. The molecule has 1 aromatic rings. The van der Waals surface area contributed by atoms with Crippen molar-refractivity contribution >= 4 is 21.8 Å². The number of benzene rings is 1. The number of halogens is 1. The van der Waals surface area contributed by atoms with E-state index in [9.17, 15) is 4.79 Å². The molecule has 1 aromatic carbocycles. The molecule has 18 heavy (non-hydrogen) atoms. The van der Waals surface area contributed by atoms with Crippen molar-refractivity contribution in [1.29, 1.82) is 0 Å². The minimum Gasteiger partial charge on any atom is -0.350 e. The second-order valence-corrected chi connectivity index (χ2v) is 5.38. The molecular formula is C14H19BrN2O. The number of nitrogens with one attached hydrogen (secondary N) is 1. The van der Waals surface area contributed by atoms with Gasteiger partial charge in [0.05, 0.1) is 0 Å². The summed E-state index contributed by atoms with van der Waals surface area (Å²) in [4.78, 5) is 14.3. The molecule has 0 saturated carbocycles. The van der Waals surface area contributed by atoms with E-state index in [-0.39, 0.29) is 5.91 Å². The quantitative estimate of drug-likeness (QED) is 0.866.